The third-order valence-electron chi connectivity index (χ3n) is 9.25. The fraction of sp³-hybridized carbons (Fsp3) is 0.925. The number of hydrogen-bond acceptors (Lipinski definition) is 6. The Morgan fingerprint density at radius 1 is 0.694 bits per heavy atom. The summed E-state index contributed by atoms with van der Waals surface area (Å²) in [6.07, 6.45) is 36.1. The standard InChI is InChI=1S/C40H81N2O6P/c1-6-8-10-12-13-14-15-16-17-18-19-20-21-22-23-24-25-26-27-28-29-30-31-33-39(43)38(41-40(44)34-32-11-9-7-2)37-48-49(45,46)47-36-35-42(3,4)5/h31,33,38-39,43H,6-30,32,34-37H2,1-5H3,(H-,41,44,45,46)/b33-31+. The van der Waals surface area contributed by atoms with Crippen LogP contribution < -0.4 is 10.2 Å². The van der Waals surface area contributed by atoms with Gasteiger partial charge in [-0.15, -0.1) is 0 Å². The fourth-order valence-corrected chi connectivity index (χ4v) is 6.64. The Bertz CT molecular complexity index is 819. The van der Waals surface area contributed by atoms with E-state index in [1.807, 2.05) is 27.2 Å². The molecule has 49 heavy (non-hydrogen) atoms. The third kappa shape index (κ3) is 35.4. The zero-order valence-electron chi connectivity index (χ0n) is 32.9. The fourth-order valence-electron chi connectivity index (χ4n) is 5.92. The van der Waals surface area contributed by atoms with Crippen molar-refractivity contribution in [2.45, 2.75) is 199 Å². The topological polar surface area (TPSA) is 108 Å². The molecule has 8 nitrogen and oxygen atoms in total. The quantitative estimate of drug-likeness (QED) is 0.0287. The maximum Gasteiger partial charge on any atom is 0.268 e. The van der Waals surface area contributed by atoms with Gasteiger partial charge in [-0.3, -0.25) is 9.36 Å². The molecule has 0 aliphatic heterocycles. The number of rotatable bonds is 37. The van der Waals surface area contributed by atoms with Crippen molar-refractivity contribution < 1.29 is 32.9 Å². The van der Waals surface area contributed by atoms with E-state index in [9.17, 15) is 19.4 Å². The summed E-state index contributed by atoms with van der Waals surface area (Å²) in [6.45, 7) is 4.52. The van der Waals surface area contributed by atoms with Gasteiger partial charge >= 0.3 is 0 Å². The van der Waals surface area contributed by atoms with Crippen molar-refractivity contribution in [1.29, 1.82) is 0 Å². The van der Waals surface area contributed by atoms with Crippen molar-refractivity contribution in [1.82, 2.24) is 5.32 Å². The first kappa shape index (κ1) is 48.2. The molecule has 0 aromatic rings. The first-order valence-corrected chi connectivity index (χ1v) is 22.0. The first-order valence-electron chi connectivity index (χ1n) is 20.6. The van der Waals surface area contributed by atoms with Crippen molar-refractivity contribution >= 4 is 13.7 Å². The summed E-state index contributed by atoms with van der Waals surface area (Å²) in [7, 11) is 1.26. The lowest BCUT2D eigenvalue weighted by atomic mass is 10.0. The summed E-state index contributed by atoms with van der Waals surface area (Å²) in [4.78, 5) is 24.8. The number of aliphatic hydroxyl groups excluding tert-OH is 1. The van der Waals surface area contributed by atoms with Crippen molar-refractivity contribution in [2.24, 2.45) is 0 Å². The summed E-state index contributed by atoms with van der Waals surface area (Å²) in [6, 6.07) is -0.876. The maximum absolute atomic E-state index is 12.5. The molecular weight excluding hydrogens is 635 g/mol. The normalized spacial score (nSPS) is 14.7. The van der Waals surface area contributed by atoms with Gasteiger partial charge in [-0.2, -0.15) is 0 Å². The van der Waals surface area contributed by atoms with E-state index in [1.54, 1.807) is 6.08 Å². The largest absolute Gasteiger partial charge is 0.756 e. The van der Waals surface area contributed by atoms with E-state index in [0.29, 0.717) is 17.4 Å². The molecule has 9 heteroatoms. The van der Waals surface area contributed by atoms with E-state index in [4.69, 9.17) is 9.05 Å². The molecule has 0 aliphatic rings. The number of aliphatic hydroxyl groups is 1. The molecule has 0 bridgehead atoms. The van der Waals surface area contributed by atoms with Gasteiger partial charge < -0.3 is 28.8 Å². The number of unbranched alkanes of at least 4 members (excludes halogenated alkanes) is 24. The lowest BCUT2D eigenvalue weighted by molar-refractivity contribution is -0.870. The Hall–Kier alpha value is -0.760. The molecule has 0 rings (SSSR count). The average molecular weight is 717 g/mol. The number of amides is 1. The minimum absolute atomic E-state index is 0.000691. The molecular formula is C40H81N2O6P. The van der Waals surface area contributed by atoms with E-state index in [1.165, 1.54) is 122 Å². The van der Waals surface area contributed by atoms with E-state index >= 15 is 0 Å². The SMILES string of the molecule is CCCCCCCCCCCCCCCCCCCCCCC/C=C/C(O)C(COP(=O)([O-])OCC[N+](C)(C)C)NC(=O)CCCCCC. The highest BCUT2D eigenvalue weighted by Crippen LogP contribution is 2.38. The second-order valence-electron chi connectivity index (χ2n) is 15.4. The number of nitrogens with one attached hydrogen (secondary N) is 1. The number of nitrogens with zero attached hydrogens (tertiary/aromatic N) is 1. The van der Waals surface area contributed by atoms with Gasteiger partial charge in [0.05, 0.1) is 39.9 Å². The number of carbonyl (C=O) groups is 1. The zero-order chi connectivity index (χ0) is 36.5. The molecule has 0 saturated carbocycles. The average Bonchev–Trinajstić information content (AvgIpc) is 3.04. The number of hydrogen-bond donors (Lipinski definition) is 2. The van der Waals surface area contributed by atoms with E-state index < -0.39 is 20.0 Å². The summed E-state index contributed by atoms with van der Waals surface area (Å²) in [5.41, 5.74) is 0. The molecule has 1 amide bonds. The van der Waals surface area contributed by atoms with Crippen molar-refractivity contribution in [3.8, 4) is 0 Å². The summed E-state index contributed by atoms with van der Waals surface area (Å²) < 4.78 is 22.9. The summed E-state index contributed by atoms with van der Waals surface area (Å²) in [5.74, 6) is -0.215. The second kappa shape index (κ2) is 33.1. The Morgan fingerprint density at radius 3 is 1.53 bits per heavy atom. The van der Waals surface area contributed by atoms with Gasteiger partial charge in [-0.05, 0) is 19.3 Å². The van der Waals surface area contributed by atoms with Crippen LogP contribution in [-0.2, 0) is 18.4 Å². The van der Waals surface area contributed by atoms with Crippen LogP contribution in [0.3, 0.4) is 0 Å². The lowest BCUT2D eigenvalue weighted by Crippen LogP contribution is -2.45. The van der Waals surface area contributed by atoms with Crippen LogP contribution in [-0.4, -0.2) is 68.5 Å². The van der Waals surface area contributed by atoms with Gasteiger partial charge in [0.25, 0.3) is 7.82 Å². The van der Waals surface area contributed by atoms with Gasteiger partial charge in [0.15, 0.2) is 0 Å². The van der Waals surface area contributed by atoms with E-state index in [-0.39, 0.29) is 19.1 Å². The number of quaternary nitrogens is 1. The molecule has 0 radical (unpaired) electrons. The molecule has 0 aliphatic carbocycles. The smallest absolute Gasteiger partial charge is 0.268 e. The molecule has 0 aromatic heterocycles. The Kier molecular flexibility index (Phi) is 32.6. The van der Waals surface area contributed by atoms with Crippen LogP contribution >= 0.6 is 7.82 Å². The van der Waals surface area contributed by atoms with Crippen LogP contribution in [0.1, 0.15) is 187 Å². The zero-order valence-corrected chi connectivity index (χ0v) is 33.8. The molecule has 3 unspecified atom stereocenters. The third-order valence-corrected chi connectivity index (χ3v) is 10.2. The van der Waals surface area contributed by atoms with Crippen LogP contribution in [0.15, 0.2) is 12.2 Å². The molecule has 0 fully saturated rings. The molecule has 0 saturated heterocycles. The minimum atomic E-state index is -4.56. The number of phosphoric ester groups is 1. The van der Waals surface area contributed by atoms with Gasteiger partial charge in [0.1, 0.15) is 13.2 Å². The lowest BCUT2D eigenvalue weighted by Gasteiger charge is -2.29. The molecule has 2 N–H and O–H groups in total. The Labute approximate surface area is 303 Å². The van der Waals surface area contributed by atoms with Crippen molar-refractivity contribution in [3.63, 3.8) is 0 Å². The van der Waals surface area contributed by atoms with Crippen LogP contribution in [0.25, 0.3) is 0 Å². The monoisotopic (exact) mass is 717 g/mol. The number of allylic oxidation sites excluding steroid dienone is 1. The second-order valence-corrected chi connectivity index (χ2v) is 16.8. The van der Waals surface area contributed by atoms with Crippen LogP contribution in [0.4, 0.5) is 0 Å². The van der Waals surface area contributed by atoms with Gasteiger partial charge in [0, 0.05) is 6.42 Å². The Morgan fingerprint density at radius 2 is 1.10 bits per heavy atom. The predicted octanol–water partition coefficient (Wildman–Crippen LogP) is 10.2. The number of phosphoric acid groups is 1. The summed E-state index contributed by atoms with van der Waals surface area (Å²) >= 11 is 0. The molecule has 0 heterocycles. The van der Waals surface area contributed by atoms with Gasteiger partial charge in [-0.1, -0.05) is 174 Å². The summed E-state index contributed by atoms with van der Waals surface area (Å²) in [5, 5.41) is 13.6. The van der Waals surface area contributed by atoms with Gasteiger partial charge in [-0.25, -0.2) is 0 Å². The molecule has 0 aromatic carbocycles. The highest BCUT2D eigenvalue weighted by Gasteiger charge is 2.23. The van der Waals surface area contributed by atoms with Gasteiger partial charge in [0.2, 0.25) is 5.91 Å². The van der Waals surface area contributed by atoms with Crippen LogP contribution in [0.2, 0.25) is 0 Å². The van der Waals surface area contributed by atoms with Crippen LogP contribution in [0.5, 0.6) is 0 Å². The number of likely N-dealkylation sites (N-methyl/N-ethyl adjacent to an activating group) is 1. The van der Waals surface area contributed by atoms with Crippen molar-refractivity contribution in [2.75, 3.05) is 40.9 Å². The molecule has 292 valence electrons. The van der Waals surface area contributed by atoms with E-state index in [0.717, 1.165) is 44.9 Å². The first-order chi connectivity index (χ1) is 23.5. The highest BCUT2D eigenvalue weighted by atomic mass is 31.2. The number of carbonyl (C=O) groups excluding carboxylic acids is 1. The predicted molar refractivity (Wildman–Crippen MR) is 205 cm³/mol. The van der Waals surface area contributed by atoms with E-state index in [2.05, 4.69) is 19.2 Å². The van der Waals surface area contributed by atoms with Crippen molar-refractivity contribution in [3.05, 3.63) is 12.2 Å². The Balaban J connectivity index is 4.08. The maximum atomic E-state index is 12.5. The molecule has 0 spiro atoms. The highest BCUT2D eigenvalue weighted by molar-refractivity contribution is 7.45. The minimum Gasteiger partial charge on any atom is -0.756 e. The van der Waals surface area contributed by atoms with Crippen LogP contribution in [0, 0.1) is 0 Å². The molecule has 3 atom stereocenters.